The Hall–Kier alpha value is -2.51. The summed E-state index contributed by atoms with van der Waals surface area (Å²) in [5.41, 5.74) is 7.24. The fourth-order valence-electron chi connectivity index (χ4n) is 7.53. The normalized spacial score (nSPS) is 35.6. The van der Waals surface area contributed by atoms with Crippen molar-refractivity contribution in [3.8, 4) is 17.2 Å². The molecule has 0 radical (unpaired) electrons. The second-order valence-electron chi connectivity index (χ2n) is 11.4. The van der Waals surface area contributed by atoms with E-state index in [2.05, 4.69) is 0 Å². The minimum Gasteiger partial charge on any atom is -0.506 e. The van der Waals surface area contributed by atoms with Gasteiger partial charge in [0.1, 0.15) is 23.4 Å². The summed E-state index contributed by atoms with van der Waals surface area (Å²) in [5.74, 6) is -2.12. The minimum absolute atomic E-state index is 0.114. The number of phenols is 1. The summed E-state index contributed by atoms with van der Waals surface area (Å²) in [6.07, 6.45) is 0.887. The standard InChI is InChI=1S/C29H33NO10/c1-14-12-16-20(21(32)19-15(22(16)33-2)6-3-7-17(19)31)23-18(14)24-25-28(38-23,36-11-4-8-30)27(13-37-27)29(39-24,40-25)26-34-9-5-10-35-26/h12,24-26,32H,3-11,13,30H2,1-2H3. The van der Waals surface area contributed by atoms with E-state index in [1.54, 1.807) is 7.11 Å². The molecule has 4 saturated heterocycles. The number of carbonyl (C=O) groups is 1. The van der Waals surface area contributed by atoms with Gasteiger partial charge in [0.25, 0.3) is 11.6 Å². The van der Waals surface area contributed by atoms with Crippen molar-refractivity contribution in [1.82, 2.24) is 0 Å². The Morgan fingerprint density at radius 1 is 1.18 bits per heavy atom. The highest BCUT2D eigenvalue weighted by Crippen LogP contribution is 2.72. The molecule has 5 atom stereocenters. The molecule has 1 spiro atoms. The first-order chi connectivity index (χ1) is 19.4. The largest absolute Gasteiger partial charge is 0.506 e. The van der Waals surface area contributed by atoms with Crippen LogP contribution >= 0.6 is 0 Å². The van der Waals surface area contributed by atoms with Crippen LogP contribution in [0.3, 0.4) is 0 Å². The summed E-state index contributed by atoms with van der Waals surface area (Å²) >= 11 is 0. The maximum absolute atomic E-state index is 13.1. The number of ether oxygens (including phenoxy) is 8. The van der Waals surface area contributed by atoms with E-state index in [1.807, 2.05) is 13.0 Å². The van der Waals surface area contributed by atoms with Gasteiger partial charge >= 0.3 is 0 Å². The van der Waals surface area contributed by atoms with E-state index in [1.165, 1.54) is 0 Å². The summed E-state index contributed by atoms with van der Waals surface area (Å²) in [5, 5.41) is 12.8. The average molecular weight is 556 g/mol. The molecule has 11 heteroatoms. The number of aromatic hydroxyl groups is 1. The van der Waals surface area contributed by atoms with Gasteiger partial charge in [0.15, 0.2) is 11.9 Å². The number of fused-ring (bicyclic) bond motifs is 8. The Kier molecular flexibility index (Phi) is 5.37. The van der Waals surface area contributed by atoms with Crippen molar-refractivity contribution in [1.29, 1.82) is 0 Å². The third-order valence-electron chi connectivity index (χ3n) is 9.29. The number of nitrogens with two attached hydrogens (primary N) is 1. The molecule has 2 aromatic rings. The maximum Gasteiger partial charge on any atom is 0.277 e. The van der Waals surface area contributed by atoms with Gasteiger partial charge in [-0.3, -0.25) is 4.79 Å². The fourth-order valence-corrected chi connectivity index (χ4v) is 7.53. The summed E-state index contributed by atoms with van der Waals surface area (Å²) in [6.45, 7) is 3.92. The lowest BCUT2D eigenvalue weighted by atomic mass is 9.78. The van der Waals surface area contributed by atoms with Gasteiger partial charge in [-0.25, -0.2) is 0 Å². The minimum atomic E-state index is -1.43. The number of ketones is 1. The van der Waals surface area contributed by atoms with Gasteiger partial charge in [-0.1, -0.05) is 0 Å². The highest BCUT2D eigenvalue weighted by molar-refractivity contribution is 6.11. The molecule has 2 bridgehead atoms. The zero-order valence-electron chi connectivity index (χ0n) is 22.6. The lowest BCUT2D eigenvalue weighted by Gasteiger charge is -2.50. The van der Waals surface area contributed by atoms with Gasteiger partial charge in [0.2, 0.25) is 11.9 Å². The number of epoxide rings is 1. The number of carbonyl (C=O) groups excluding carboxylic acids is 1. The van der Waals surface area contributed by atoms with E-state index in [4.69, 9.17) is 43.6 Å². The molecule has 5 heterocycles. The van der Waals surface area contributed by atoms with Gasteiger partial charge in [0.05, 0.1) is 44.5 Å². The number of benzene rings is 2. The van der Waals surface area contributed by atoms with Crippen LogP contribution in [0.4, 0.5) is 0 Å². The second-order valence-corrected chi connectivity index (χ2v) is 11.4. The number of rotatable bonds is 6. The Morgan fingerprint density at radius 3 is 2.70 bits per heavy atom. The summed E-state index contributed by atoms with van der Waals surface area (Å²) < 4.78 is 51.1. The molecular formula is C29H33NO10. The predicted molar refractivity (Wildman–Crippen MR) is 138 cm³/mol. The number of hydrogen-bond acceptors (Lipinski definition) is 11. The van der Waals surface area contributed by atoms with Crippen molar-refractivity contribution in [2.45, 2.75) is 74.7 Å². The van der Waals surface area contributed by atoms with E-state index < -0.39 is 35.7 Å². The molecule has 0 saturated carbocycles. The van der Waals surface area contributed by atoms with Gasteiger partial charge in [-0.2, -0.15) is 0 Å². The molecule has 0 amide bonds. The van der Waals surface area contributed by atoms with Crippen molar-refractivity contribution >= 4 is 16.6 Å². The summed E-state index contributed by atoms with van der Waals surface area (Å²) in [7, 11) is 1.58. The first kappa shape index (κ1) is 25.2. The Balaban J connectivity index is 1.38. The lowest BCUT2D eigenvalue weighted by molar-refractivity contribution is -0.367. The summed E-state index contributed by atoms with van der Waals surface area (Å²) in [4.78, 5) is 13.1. The van der Waals surface area contributed by atoms with Gasteiger partial charge in [0, 0.05) is 22.9 Å². The second kappa shape index (κ2) is 8.51. The van der Waals surface area contributed by atoms with E-state index in [9.17, 15) is 9.90 Å². The SMILES string of the molecule is COc1c2c(c(O)c3c4c(c(C)cc13)C1OC3(C5OCCCO5)OC1C(OCCCN)(O4)C31CO1)C(=O)CCC2. The van der Waals surface area contributed by atoms with Crippen LogP contribution in [0.25, 0.3) is 10.8 Å². The van der Waals surface area contributed by atoms with Crippen LogP contribution in [0.5, 0.6) is 17.2 Å². The Labute approximate surface area is 230 Å². The molecule has 6 aliphatic rings. The average Bonchev–Trinajstić information content (AvgIpc) is 3.62. The van der Waals surface area contributed by atoms with E-state index in [-0.39, 0.29) is 18.1 Å². The molecule has 11 nitrogen and oxygen atoms in total. The highest BCUT2D eigenvalue weighted by Gasteiger charge is 2.93. The number of phenolic OH excluding ortho intramolecular Hbond substituents is 1. The van der Waals surface area contributed by atoms with Crippen molar-refractivity contribution < 1.29 is 47.8 Å². The molecule has 0 aromatic heterocycles. The van der Waals surface area contributed by atoms with Crippen molar-refractivity contribution in [3.63, 3.8) is 0 Å². The van der Waals surface area contributed by atoms with Crippen molar-refractivity contribution in [2.24, 2.45) is 5.73 Å². The van der Waals surface area contributed by atoms with Crippen LogP contribution in [0.15, 0.2) is 6.07 Å². The lowest BCUT2D eigenvalue weighted by Crippen LogP contribution is -2.70. The van der Waals surface area contributed by atoms with Crippen LogP contribution in [-0.4, -0.2) is 80.5 Å². The molecule has 3 N–H and O–H groups in total. The quantitative estimate of drug-likeness (QED) is 0.401. The molecule has 5 aliphatic heterocycles. The maximum atomic E-state index is 13.1. The Bertz CT molecular complexity index is 1430. The fraction of sp³-hybridized carbons (Fsp3) is 0.621. The van der Waals surface area contributed by atoms with Gasteiger partial charge in [-0.15, -0.1) is 0 Å². The zero-order chi connectivity index (χ0) is 27.4. The van der Waals surface area contributed by atoms with Gasteiger partial charge in [-0.05, 0) is 50.8 Å². The molecular weight excluding hydrogens is 522 g/mol. The van der Waals surface area contributed by atoms with Crippen LogP contribution < -0.4 is 15.2 Å². The zero-order valence-corrected chi connectivity index (χ0v) is 22.6. The highest BCUT2D eigenvalue weighted by atomic mass is 16.9. The van der Waals surface area contributed by atoms with Crippen molar-refractivity contribution in [2.75, 3.05) is 40.1 Å². The smallest absolute Gasteiger partial charge is 0.277 e. The molecule has 8 rings (SSSR count). The molecule has 214 valence electrons. The van der Waals surface area contributed by atoms with Crippen molar-refractivity contribution in [3.05, 3.63) is 28.3 Å². The number of Topliss-reactive ketones (excluding diaryl/α,β-unsaturated/α-hetero) is 1. The summed E-state index contributed by atoms with van der Waals surface area (Å²) in [6, 6.07) is 1.96. The van der Waals surface area contributed by atoms with E-state index in [0.29, 0.717) is 85.4 Å². The van der Waals surface area contributed by atoms with Crippen LogP contribution in [0.1, 0.15) is 58.8 Å². The van der Waals surface area contributed by atoms with E-state index in [0.717, 1.165) is 17.5 Å². The third kappa shape index (κ3) is 2.86. The third-order valence-corrected chi connectivity index (χ3v) is 9.29. The molecule has 5 unspecified atom stereocenters. The van der Waals surface area contributed by atoms with Gasteiger partial charge < -0.3 is 48.7 Å². The van der Waals surface area contributed by atoms with Crippen LogP contribution in [0.2, 0.25) is 0 Å². The van der Waals surface area contributed by atoms with Crippen LogP contribution in [-0.2, 0) is 34.8 Å². The monoisotopic (exact) mass is 555 g/mol. The first-order valence-electron chi connectivity index (χ1n) is 14.1. The van der Waals surface area contributed by atoms with Crippen LogP contribution in [0, 0.1) is 6.92 Å². The number of aryl methyl sites for hydroxylation is 1. The molecule has 1 aliphatic carbocycles. The first-order valence-corrected chi connectivity index (χ1v) is 14.1. The topological polar surface area (TPSA) is 140 Å². The molecule has 4 fully saturated rings. The number of hydrogen-bond donors (Lipinski definition) is 2. The molecule has 40 heavy (non-hydrogen) atoms. The number of methoxy groups -OCH3 is 1. The predicted octanol–water partition coefficient (Wildman–Crippen LogP) is 2.53. The van der Waals surface area contributed by atoms with E-state index >= 15 is 0 Å². The molecule has 2 aromatic carbocycles. The Morgan fingerprint density at radius 2 is 1.98 bits per heavy atom.